The predicted octanol–water partition coefficient (Wildman–Crippen LogP) is -1.23. The van der Waals surface area contributed by atoms with Gasteiger partial charge in [-0.05, 0) is 31.2 Å². The van der Waals surface area contributed by atoms with Crippen molar-refractivity contribution in [2.75, 3.05) is 6.54 Å². The Morgan fingerprint density at radius 3 is 1.66 bits per heavy atom. The van der Waals surface area contributed by atoms with E-state index in [9.17, 15) is 24.0 Å². The van der Waals surface area contributed by atoms with Crippen LogP contribution in [0, 0.1) is 11.8 Å². The van der Waals surface area contributed by atoms with Crippen LogP contribution in [0.4, 0.5) is 0 Å². The Balaban J connectivity index is 5.27. The van der Waals surface area contributed by atoms with Gasteiger partial charge in [-0.2, -0.15) is 0 Å². The van der Waals surface area contributed by atoms with Crippen LogP contribution in [-0.4, -0.2) is 70.6 Å². The van der Waals surface area contributed by atoms with Crippen LogP contribution in [0.2, 0.25) is 0 Å². The molecule has 0 heterocycles. The highest BCUT2D eigenvalue weighted by atomic mass is 16.4. The van der Waals surface area contributed by atoms with Gasteiger partial charge in [-0.3, -0.25) is 19.2 Å². The van der Waals surface area contributed by atoms with Crippen LogP contribution in [0.3, 0.4) is 0 Å². The Morgan fingerprint density at radius 2 is 1.25 bits per heavy atom. The molecule has 0 spiro atoms. The molecule has 0 aromatic carbocycles. The zero-order chi connectivity index (χ0) is 25.0. The third kappa shape index (κ3) is 10.5. The molecule has 0 radical (unpaired) electrons. The molecule has 3 amide bonds. The summed E-state index contributed by atoms with van der Waals surface area (Å²) >= 11 is 0. The van der Waals surface area contributed by atoms with Crippen LogP contribution in [0.5, 0.6) is 0 Å². The second-order valence-electron chi connectivity index (χ2n) is 8.35. The molecule has 0 saturated heterocycles. The van der Waals surface area contributed by atoms with Crippen LogP contribution in [-0.2, 0) is 24.0 Å². The maximum absolute atomic E-state index is 12.8. The third-order valence-electron chi connectivity index (χ3n) is 4.79. The second-order valence-corrected chi connectivity index (χ2v) is 8.35. The van der Waals surface area contributed by atoms with Gasteiger partial charge in [-0.25, -0.2) is 4.79 Å². The fourth-order valence-corrected chi connectivity index (χ4v) is 2.85. The first kappa shape index (κ1) is 29.3. The van der Waals surface area contributed by atoms with Crippen LogP contribution >= 0.6 is 0 Å². The predicted molar refractivity (Wildman–Crippen MR) is 116 cm³/mol. The molecule has 12 nitrogen and oxygen atoms in total. The number of nitrogens with one attached hydrogen (secondary N) is 3. The number of carboxylic acids is 2. The molecule has 9 N–H and O–H groups in total. The number of carbonyl (C=O) groups excluding carboxylic acids is 3. The van der Waals surface area contributed by atoms with Crippen molar-refractivity contribution in [1.29, 1.82) is 0 Å². The number of nitrogens with two attached hydrogens (primary N) is 2. The molecular weight excluding hydrogens is 422 g/mol. The van der Waals surface area contributed by atoms with E-state index in [1.54, 1.807) is 27.7 Å². The SMILES string of the molecule is CC(C)C(NC(=O)C(N)CCCCN)C(=O)NC(C(=O)NC(CC(=O)O)C(=O)O)C(C)C. The maximum Gasteiger partial charge on any atom is 0.326 e. The summed E-state index contributed by atoms with van der Waals surface area (Å²) in [7, 11) is 0. The lowest BCUT2D eigenvalue weighted by Gasteiger charge is -2.28. The molecular formula is C20H37N5O7. The van der Waals surface area contributed by atoms with E-state index in [1.165, 1.54) is 0 Å². The van der Waals surface area contributed by atoms with Crippen molar-refractivity contribution >= 4 is 29.7 Å². The molecule has 0 bridgehead atoms. The quantitative estimate of drug-likeness (QED) is 0.146. The minimum Gasteiger partial charge on any atom is -0.481 e. The van der Waals surface area contributed by atoms with E-state index in [4.69, 9.17) is 21.7 Å². The first-order chi connectivity index (χ1) is 14.8. The molecule has 4 atom stereocenters. The Hall–Kier alpha value is -2.73. The van der Waals surface area contributed by atoms with Gasteiger partial charge in [0.1, 0.15) is 18.1 Å². The number of carbonyl (C=O) groups is 5. The number of carboxylic acid groups (broad SMARTS) is 2. The number of amides is 3. The van der Waals surface area contributed by atoms with E-state index in [-0.39, 0.29) is 5.92 Å². The molecule has 0 aliphatic heterocycles. The van der Waals surface area contributed by atoms with Crippen LogP contribution in [0.25, 0.3) is 0 Å². The molecule has 0 aliphatic rings. The number of aliphatic carboxylic acids is 2. The first-order valence-corrected chi connectivity index (χ1v) is 10.6. The average molecular weight is 460 g/mol. The lowest BCUT2D eigenvalue weighted by atomic mass is 9.98. The van der Waals surface area contributed by atoms with Gasteiger partial charge < -0.3 is 37.6 Å². The lowest BCUT2D eigenvalue weighted by molar-refractivity contribution is -0.147. The van der Waals surface area contributed by atoms with E-state index >= 15 is 0 Å². The van der Waals surface area contributed by atoms with E-state index < -0.39 is 66.2 Å². The molecule has 12 heteroatoms. The van der Waals surface area contributed by atoms with E-state index in [1.807, 2.05) is 0 Å². The summed E-state index contributed by atoms with van der Waals surface area (Å²) in [6.45, 7) is 7.17. The molecule has 0 aromatic heterocycles. The van der Waals surface area contributed by atoms with Gasteiger partial charge in [0.05, 0.1) is 12.5 Å². The zero-order valence-electron chi connectivity index (χ0n) is 19.1. The van der Waals surface area contributed by atoms with Gasteiger partial charge in [-0.1, -0.05) is 34.1 Å². The summed E-state index contributed by atoms with van der Waals surface area (Å²) in [5.74, 6) is -5.66. The van der Waals surface area contributed by atoms with Crippen LogP contribution in [0.15, 0.2) is 0 Å². The zero-order valence-corrected chi connectivity index (χ0v) is 19.1. The largest absolute Gasteiger partial charge is 0.481 e. The van der Waals surface area contributed by atoms with Gasteiger partial charge in [0, 0.05) is 0 Å². The Kier molecular flexibility index (Phi) is 13.1. The molecule has 4 unspecified atom stereocenters. The number of unbranched alkanes of at least 4 members (excludes halogenated alkanes) is 1. The highest BCUT2D eigenvalue weighted by Gasteiger charge is 2.33. The van der Waals surface area contributed by atoms with Gasteiger partial charge in [0.2, 0.25) is 17.7 Å². The molecule has 184 valence electrons. The van der Waals surface area contributed by atoms with Gasteiger partial charge in [-0.15, -0.1) is 0 Å². The fraction of sp³-hybridized carbons (Fsp3) is 0.750. The van der Waals surface area contributed by atoms with E-state index in [0.29, 0.717) is 19.4 Å². The summed E-state index contributed by atoms with van der Waals surface area (Å²) in [6, 6.07) is -4.58. The molecule has 0 aromatic rings. The summed E-state index contributed by atoms with van der Waals surface area (Å²) in [6.07, 6.45) is 0.985. The Bertz CT molecular complexity index is 669. The summed E-state index contributed by atoms with van der Waals surface area (Å²) in [5.41, 5.74) is 11.3. The molecule has 0 fully saturated rings. The number of rotatable bonds is 15. The lowest BCUT2D eigenvalue weighted by Crippen LogP contribution is -2.59. The van der Waals surface area contributed by atoms with Crippen molar-refractivity contribution < 1.29 is 34.2 Å². The van der Waals surface area contributed by atoms with Crippen LogP contribution in [0.1, 0.15) is 53.4 Å². The second kappa shape index (κ2) is 14.4. The highest BCUT2D eigenvalue weighted by molar-refractivity contribution is 5.94. The highest BCUT2D eigenvalue weighted by Crippen LogP contribution is 2.08. The standard InChI is InChI=1S/C20H37N5O7/c1-10(2)15(18(29)23-13(20(31)32)9-14(26)27)25-19(30)16(11(3)4)24-17(28)12(22)7-5-6-8-21/h10-13,15-16H,5-9,21-22H2,1-4H3,(H,23,29)(H,24,28)(H,25,30)(H,26,27)(H,31,32). The van der Waals surface area contributed by atoms with Crippen LogP contribution < -0.4 is 27.4 Å². The topological polar surface area (TPSA) is 214 Å². The smallest absolute Gasteiger partial charge is 0.326 e. The molecule has 0 saturated carbocycles. The summed E-state index contributed by atoms with van der Waals surface area (Å²) in [4.78, 5) is 59.9. The molecule has 0 rings (SSSR count). The van der Waals surface area contributed by atoms with Crippen molar-refractivity contribution in [3.05, 3.63) is 0 Å². The Morgan fingerprint density at radius 1 is 0.781 bits per heavy atom. The van der Waals surface area contributed by atoms with E-state index in [2.05, 4.69) is 16.0 Å². The molecule has 0 aliphatic carbocycles. The maximum atomic E-state index is 12.8. The number of hydrogen-bond acceptors (Lipinski definition) is 7. The van der Waals surface area contributed by atoms with Crippen molar-refractivity contribution in [2.24, 2.45) is 23.3 Å². The third-order valence-corrected chi connectivity index (χ3v) is 4.79. The average Bonchev–Trinajstić information content (AvgIpc) is 2.68. The minimum absolute atomic E-state index is 0.329. The molecule has 32 heavy (non-hydrogen) atoms. The monoisotopic (exact) mass is 459 g/mol. The van der Waals surface area contributed by atoms with E-state index in [0.717, 1.165) is 6.42 Å². The van der Waals surface area contributed by atoms with Gasteiger partial charge in [0.25, 0.3) is 0 Å². The van der Waals surface area contributed by atoms with Gasteiger partial charge >= 0.3 is 11.9 Å². The summed E-state index contributed by atoms with van der Waals surface area (Å²) in [5, 5.41) is 25.2. The summed E-state index contributed by atoms with van der Waals surface area (Å²) < 4.78 is 0. The van der Waals surface area contributed by atoms with Gasteiger partial charge in [0.15, 0.2) is 0 Å². The number of hydrogen-bond donors (Lipinski definition) is 7. The fourth-order valence-electron chi connectivity index (χ4n) is 2.85. The van der Waals surface area contributed by atoms with Crippen molar-refractivity contribution in [3.63, 3.8) is 0 Å². The first-order valence-electron chi connectivity index (χ1n) is 10.6. The minimum atomic E-state index is -1.65. The normalized spacial score (nSPS) is 14.9. The van der Waals surface area contributed by atoms with Crippen molar-refractivity contribution in [3.8, 4) is 0 Å². The van der Waals surface area contributed by atoms with Crippen molar-refractivity contribution in [1.82, 2.24) is 16.0 Å². The Labute approximate surface area is 187 Å². The van der Waals surface area contributed by atoms with Crippen molar-refractivity contribution in [2.45, 2.75) is 77.5 Å².